The van der Waals surface area contributed by atoms with Gasteiger partial charge in [0.25, 0.3) is 0 Å². The van der Waals surface area contributed by atoms with E-state index in [4.69, 9.17) is 0 Å². The molecule has 0 rings (SSSR count). The molecule has 0 unspecified atom stereocenters. The summed E-state index contributed by atoms with van der Waals surface area (Å²) >= 11 is 0. The maximum atomic E-state index is 11.4. The van der Waals surface area contributed by atoms with Crippen LogP contribution in [-0.2, 0) is 4.79 Å². The summed E-state index contributed by atoms with van der Waals surface area (Å²) in [7, 11) is 0. The van der Waals surface area contributed by atoms with Crippen LogP contribution < -0.4 is 5.73 Å². The first-order valence-corrected chi connectivity index (χ1v) is 2.13. The van der Waals surface area contributed by atoms with Crippen molar-refractivity contribution in [3.05, 3.63) is 0 Å². The molecule has 0 spiro atoms. The first-order valence-electron chi connectivity index (χ1n) is 2.13. The van der Waals surface area contributed by atoms with Crippen molar-refractivity contribution in [2.75, 3.05) is 0 Å². The lowest BCUT2D eigenvalue weighted by Gasteiger charge is -2.02. The molecular formula is C4H7F2NO. The third kappa shape index (κ3) is 1.86. The molecule has 0 aliphatic rings. The summed E-state index contributed by atoms with van der Waals surface area (Å²) in [6.07, 6.45) is -2.63. The number of halogens is 2. The van der Waals surface area contributed by atoms with Crippen LogP contribution in [0.15, 0.2) is 0 Å². The highest BCUT2D eigenvalue weighted by atomic mass is 19.3. The Bertz CT molecular complexity index is 94.0. The number of rotatable bonds is 2. The van der Waals surface area contributed by atoms with Crippen LogP contribution in [0.2, 0.25) is 0 Å². The Balaban J connectivity index is 3.64. The van der Waals surface area contributed by atoms with Crippen LogP contribution in [0.1, 0.15) is 6.92 Å². The summed E-state index contributed by atoms with van der Waals surface area (Å²) < 4.78 is 22.8. The molecule has 2 N–H and O–H groups in total. The standard InChI is InChI=1S/C4H7F2NO/c1-2(3(5)6)4(7)8/h2-3H,1H3,(H2,7,8)/t2-/m1/s1. The van der Waals surface area contributed by atoms with Gasteiger partial charge in [-0.2, -0.15) is 0 Å². The molecule has 0 aliphatic heterocycles. The Morgan fingerprint density at radius 2 is 2.00 bits per heavy atom. The third-order valence-corrected chi connectivity index (χ3v) is 0.827. The minimum absolute atomic E-state index is 0.958. The highest BCUT2D eigenvalue weighted by Crippen LogP contribution is 2.06. The molecule has 0 saturated heterocycles. The molecule has 4 heteroatoms. The normalized spacial score (nSPS) is 14.0. The molecule has 0 aromatic heterocycles. The van der Waals surface area contributed by atoms with Crippen molar-refractivity contribution in [2.45, 2.75) is 13.3 Å². The number of nitrogens with two attached hydrogens (primary N) is 1. The quantitative estimate of drug-likeness (QED) is 0.566. The summed E-state index contributed by atoms with van der Waals surface area (Å²) in [6.45, 7) is 1.09. The van der Waals surface area contributed by atoms with E-state index in [0.29, 0.717) is 0 Å². The first-order chi connectivity index (χ1) is 3.55. The van der Waals surface area contributed by atoms with E-state index in [0.717, 1.165) is 6.92 Å². The Labute approximate surface area is 45.7 Å². The fourth-order valence-corrected chi connectivity index (χ4v) is 0.124. The minimum Gasteiger partial charge on any atom is -0.369 e. The number of amides is 1. The molecule has 8 heavy (non-hydrogen) atoms. The summed E-state index contributed by atoms with van der Waals surface area (Å²) in [4.78, 5) is 9.88. The molecule has 0 saturated carbocycles. The number of carbonyl (C=O) groups excluding carboxylic acids is 1. The lowest BCUT2D eigenvalue weighted by atomic mass is 10.2. The van der Waals surface area contributed by atoms with Gasteiger partial charge in [-0.05, 0) is 6.92 Å². The van der Waals surface area contributed by atoms with Crippen molar-refractivity contribution in [3.63, 3.8) is 0 Å². The van der Waals surface area contributed by atoms with Crippen LogP contribution in [0.3, 0.4) is 0 Å². The van der Waals surface area contributed by atoms with E-state index in [2.05, 4.69) is 5.73 Å². The van der Waals surface area contributed by atoms with E-state index < -0.39 is 18.3 Å². The Hall–Kier alpha value is -0.670. The minimum atomic E-state index is -2.63. The Kier molecular flexibility index (Phi) is 2.37. The second-order valence-electron chi connectivity index (χ2n) is 1.53. The topological polar surface area (TPSA) is 43.1 Å². The predicted molar refractivity (Wildman–Crippen MR) is 24.4 cm³/mol. The van der Waals surface area contributed by atoms with Crippen molar-refractivity contribution in [1.82, 2.24) is 0 Å². The van der Waals surface area contributed by atoms with E-state index in [1.54, 1.807) is 0 Å². The van der Waals surface area contributed by atoms with E-state index in [1.165, 1.54) is 0 Å². The molecule has 0 bridgehead atoms. The second-order valence-corrected chi connectivity index (χ2v) is 1.53. The van der Waals surface area contributed by atoms with Crippen molar-refractivity contribution in [1.29, 1.82) is 0 Å². The van der Waals surface area contributed by atoms with Crippen molar-refractivity contribution >= 4 is 5.91 Å². The summed E-state index contributed by atoms with van der Waals surface area (Å²) in [5.74, 6) is -2.28. The Morgan fingerprint density at radius 1 is 1.62 bits per heavy atom. The van der Waals surface area contributed by atoms with Crippen molar-refractivity contribution in [3.8, 4) is 0 Å². The predicted octanol–water partition coefficient (Wildman–Crippen LogP) is 0.373. The van der Waals surface area contributed by atoms with Gasteiger partial charge >= 0.3 is 0 Å². The highest BCUT2D eigenvalue weighted by Gasteiger charge is 2.19. The molecule has 0 radical (unpaired) electrons. The molecular weight excluding hydrogens is 116 g/mol. The average Bonchev–Trinajstić information content (AvgIpc) is 1.64. The smallest absolute Gasteiger partial charge is 0.249 e. The zero-order valence-corrected chi connectivity index (χ0v) is 4.40. The lowest BCUT2D eigenvalue weighted by molar-refractivity contribution is -0.125. The number of hydrogen-bond donors (Lipinski definition) is 1. The zero-order chi connectivity index (χ0) is 6.73. The van der Waals surface area contributed by atoms with Gasteiger partial charge in [-0.25, -0.2) is 8.78 Å². The first kappa shape index (κ1) is 7.33. The molecule has 0 aromatic carbocycles. The summed E-state index contributed by atoms with van der Waals surface area (Å²) in [5.41, 5.74) is 4.52. The van der Waals surface area contributed by atoms with Gasteiger partial charge in [0.15, 0.2) is 0 Å². The highest BCUT2D eigenvalue weighted by molar-refractivity contribution is 5.76. The van der Waals surface area contributed by atoms with Crippen LogP contribution in [0, 0.1) is 5.92 Å². The van der Waals surface area contributed by atoms with Gasteiger partial charge in [0.1, 0.15) is 0 Å². The van der Waals surface area contributed by atoms with Crippen LogP contribution in [-0.4, -0.2) is 12.3 Å². The molecule has 2 nitrogen and oxygen atoms in total. The lowest BCUT2D eigenvalue weighted by Crippen LogP contribution is -2.26. The third-order valence-electron chi connectivity index (χ3n) is 0.827. The Morgan fingerprint density at radius 3 is 2.00 bits per heavy atom. The maximum absolute atomic E-state index is 11.4. The SMILES string of the molecule is C[C@@H](C(N)=O)C(F)F. The van der Waals surface area contributed by atoms with E-state index >= 15 is 0 Å². The molecule has 0 fully saturated rings. The fourth-order valence-electron chi connectivity index (χ4n) is 0.124. The summed E-state index contributed by atoms with van der Waals surface area (Å²) in [6, 6.07) is 0. The molecule has 1 atom stereocenters. The maximum Gasteiger partial charge on any atom is 0.249 e. The van der Waals surface area contributed by atoms with Gasteiger partial charge in [0, 0.05) is 0 Å². The summed E-state index contributed by atoms with van der Waals surface area (Å²) in [5, 5.41) is 0. The largest absolute Gasteiger partial charge is 0.369 e. The molecule has 0 aliphatic carbocycles. The molecule has 0 heterocycles. The van der Waals surface area contributed by atoms with Gasteiger partial charge in [-0.3, -0.25) is 4.79 Å². The van der Waals surface area contributed by atoms with Crippen LogP contribution >= 0.6 is 0 Å². The van der Waals surface area contributed by atoms with Gasteiger partial charge in [0.05, 0.1) is 5.92 Å². The number of hydrogen-bond acceptors (Lipinski definition) is 1. The molecule has 1 amide bonds. The van der Waals surface area contributed by atoms with Crippen LogP contribution in [0.4, 0.5) is 8.78 Å². The van der Waals surface area contributed by atoms with Crippen molar-refractivity contribution in [2.24, 2.45) is 11.7 Å². The van der Waals surface area contributed by atoms with Gasteiger partial charge in [0.2, 0.25) is 12.3 Å². The van der Waals surface area contributed by atoms with E-state index in [-0.39, 0.29) is 0 Å². The van der Waals surface area contributed by atoms with E-state index in [1.807, 2.05) is 0 Å². The molecule has 0 aromatic rings. The van der Waals surface area contributed by atoms with Gasteiger partial charge in [-0.1, -0.05) is 0 Å². The van der Waals surface area contributed by atoms with Gasteiger partial charge in [-0.15, -0.1) is 0 Å². The fraction of sp³-hybridized carbons (Fsp3) is 0.750. The number of primary amides is 1. The van der Waals surface area contributed by atoms with Crippen molar-refractivity contribution < 1.29 is 13.6 Å². The number of carbonyl (C=O) groups is 1. The monoisotopic (exact) mass is 123 g/mol. The second kappa shape index (κ2) is 2.59. The van der Waals surface area contributed by atoms with Crippen LogP contribution in [0.25, 0.3) is 0 Å². The zero-order valence-electron chi connectivity index (χ0n) is 4.40. The molecule has 48 valence electrons. The van der Waals surface area contributed by atoms with Crippen LogP contribution in [0.5, 0.6) is 0 Å². The average molecular weight is 123 g/mol. The van der Waals surface area contributed by atoms with E-state index in [9.17, 15) is 13.6 Å². The number of alkyl halides is 2. The van der Waals surface area contributed by atoms with Gasteiger partial charge < -0.3 is 5.73 Å².